The van der Waals surface area contributed by atoms with Crippen LogP contribution in [0.5, 0.6) is 11.5 Å². The molecule has 4 aromatic rings. The van der Waals surface area contributed by atoms with E-state index in [1.807, 2.05) is 78.9 Å². The predicted molar refractivity (Wildman–Crippen MR) is 184 cm³/mol. The Kier molecular flexibility index (Phi) is 11.9. The summed E-state index contributed by atoms with van der Waals surface area (Å²) in [5.41, 5.74) is -0.305. The van der Waals surface area contributed by atoms with Crippen molar-refractivity contribution in [1.29, 1.82) is 0 Å². The molecule has 0 unspecified atom stereocenters. The highest BCUT2D eigenvalue weighted by molar-refractivity contribution is 5.75. The van der Waals surface area contributed by atoms with Gasteiger partial charge in [0.2, 0.25) is 5.91 Å². The number of aliphatic hydroxyl groups is 1. The molecule has 13 heteroatoms. The van der Waals surface area contributed by atoms with Gasteiger partial charge < -0.3 is 38.4 Å². The van der Waals surface area contributed by atoms with Gasteiger partial charge >= 0.3 is 5.69 Å². The zero-order chi connectivity index (χ0) is 35.8. The second-order valence-electron chi connectivity index (χ2n) is 12.0. The molecule has 1 aliphatic rings. The molecule has 50 heavy (non-hydrogen) atoms. The first-order valence-electron chi connectivity index (χ1n) is 16.1. The van der Waals surface area contributed by atoms with Crippen molar-refractivity contribution >= 4 is 5.91 Å². The number of nitrogens with one attached hydrogen (secondary N) is 1. The minimum atomic E-state index is -1.26. The summed E-state index contributed by atoms with van der Waals surface area (Å²) in [6, 6.07) is 24.7. The fourth-order valence-electron chi connectivity index (χ4n) is 5.99. The third kappa shape index (κ3) is 7.67. The highest BCUT2D eigenvalue weighted by atomic mass is 16.6. The Morgan fingerprint density at radius 3 is 2.00 bits per heavy atom. The van der Waals surface area contributed by atoms with E-state index in [-0.39, 0.29) is 37.8 Å². The number of aromatic nitrogens is 2. The number of benzene rings is 3. The Labute approximate surface area is 289 Å². The van der Waals surface area contributed by atoms with E-state index < -0.39 is 41.3 Å². The molecule has 0 radical (unpaired) electrons. The van der Waals surface area contributed by atoms with Crippen molar-refractivity contribution in [3.8, 4) is 11.5 Å². The summed E-state index contributed by atoms with van der Waals surface area (Å²) < 4.78 is 36.5. The van der Waals surface area contributed by atoms with Crippen LogP contribution in [0.4, 0.5) is 0 Å². The van der Waals surface area contributed by atoms with Gasteiger partial charge in [0.25, 0.3) is 5.56 Å². The number of amides is 1. The van der Waals surface area contributed by atoms with Gasteiger partial charge in [-0.15, -0.1) is 0 Å². The van der Waals surface area contributed by atoms with Crippen molar-refractivity contribution in [2.24, 2.45) is 0 Å². The summed E-state index contributed by atoms with van der Waals surface area (Å²) in [5.74, 6) is 0.974. The first-order valence-corrected chi connectivity index (χ1v) is 16.1. The van der Waals surface area contributed by atoms with E-state index in [1.54, 1.807) is 28.3 Å². The van der Waals surface area contributed by atoms with Crippen molar-refractivity contribution in [3.63, 3.8) is 0 Å². The fraction of sp³-hybridized carbons (Fsp3) is 0.378. The SMILES string of the molecule is COCCO[C@@H]1[C@H](O)[C@@H](COC(c2ccccc2)(c2ccc(OC)cc2)c2ccc(OC)cc2)O[C@H]1c1cn(CC(=O)N(C)C)c(=O)[nH]c1=O. The van der Waals surface area contributed by atoms with Crippen molar-refractivity contribution in [1.82, 2.24) is 14.5 Å². The molecule has 3 aromatic carbocycles. The average molecular weight is 690 g/mol. The number of hydrogen-bond acceptors (Lipinski definition) is 10. The number of aliphatic hydroxyl groups excluding tert-OH is 1. The highest BCUT2D eigenvalue weighted by Gasteiger charge is 2.48. The summed E-state index contributed by atoms with van der Waals surface area (Å²) in [4.78, 5) is 41.9. The molecule has 5 rings (SSSR count). The van der Waals surface area contributed by atoms with Gasteiger partial charge in [-0.2, -0.15) is 0 Å². The number of carbonyl (C=O) groups is 1. The maximum atomic E-state index is 13.2. The van der Waals surface area contributed by atoms with Gasteiger partial charge in [-0.1, -0.05) is 54.6 Å². The average Bonchev–Trinajstić information content (AvgIpc) is 3.44. The molecule has 2 N–H and O–H groups in total. The summed E-state index contributed by atoms with van der Waals surface area (Å²) in [6.45, 7) is -0.147. The molecular formula is C37H43N3O10. The number of H-pyrrole nitrogens is 1. The lowest BCUT2D eigenvalue weighted by Gasteiger charge is -2.37. The number of aromatic amines is 1. The summed E-state index contributed by atoms with van der Waals surface area (Å²) in [7, 11) is 7.83. The first-order chi connectivity index (χ1) is 24.1. The number of carbonyl (C=O) groups excluding carboxylic acids is 1. The maximum absolute atomic E-state index is 13.2. The van der Waals surface area contributed by atoms with Gasteiger partial charge in [-0.25, -0.2) is 4.79 Å². The van der Waals surface area contributed by atoms with E-state index in [0.717, 1.165) is 21.3 Å². The highest BCUT2D eigenvalue weighted by Crippen LogP contribution is 2.43. The van der Waals surface area contributed by atoms with Crippen LogP contribution in [0.15, 0.2) is 94.6 Å². The molecule has 266 valence electrons. The van der Waals surface area contributed by atoms with Crippen LogP contribution in [-0.2, 0) is 35.9 Å². The zero-order valence-electron chi connectivity index (χ0n) is 28.7. The summed E-state index contributed by atoms with van der Waals surface area (Å²) in [5, 5.41) is 11.7. The topological polar surface area (TPSA) is 151 Å². The molecule has 1 fully saturated rings. The Hall–Kier alpha value is -4.79. The van der Waals surface area contributed by atoms with E-state index in [4.69, 9.17) is 28.4 Å². The van der Waals surface area contributed by atoms with Gasteiger partial charge in [0.15, 0.2) is 0 Å². The van der Waals surface area contributed by atoms with Crippen LogP contribution in [0.2, 0.25) is 0 Å². The Balaban J connectivity index is 1.56. The number of rotatable bonds is 15. The minimum Gasteiger partial charge on any atom is -0.497 e. The van der Waals surface area contributed by atoms with Crippen molar-refractivity contribution < 1.29 is 38.3 Å². The second-order valence-corrected chi connectivity index (χ2v) is 12.0. The minimum absolute atomic E-state index is 0.0137. The van der Waals surface area contributed by atoms with Gasteiger partial charge in [0, 0.05) is 27.4 Å². The number of ether oxygens (including phenoxy) is 6. The molecule has 1 aliphatic heterocycles. The fourth-order valence-corrected chi connectivity index (χ4v) is 5.99. The van der Waals surface area contributed by atoms with Crippen LogP contribution in [0.1, 0.15) is 28.4 Å². The number of likely N-dealkylation sites (N-methyl/N-ethyl adjacent to an activating group) is 1. The molecule has 0 saturated carbocycles. The second kappa shape index (κ2) is 16.3. The third-order valence-corrected chi connectivity index (χ3v) is 8.72. The van der Waals surface area contributed by atoms with Gasteiger partial charge in [0.1, 0.15) is 48.1 Å². The van der Waals surface area contributed by atoms with E-state index in [9.17, 15) is 19.5 Å². The van der Waals surface area contributed by atoms with Crippen LogP contribution < -0.4 is 20.7 Å². The lowest BCUT2D eigenvalue weighted by atomic mass is 9.80. The zero-order valence-corrected chi connectivity index (χ0v) is 28.7. The van der Waals surface area contributed by atoms with Crippen molar-refractivity contribution in [3.05, 3.63) is 128 Å². The molecule has 1 amide bonds. The van der Waals surface area contributed by atoms with Crippen LogP contribution in [0.25, 0.3) is 0 Å². The Morgan fingerprint density at radius 2 is 1.46 bits per heavy atom. The maximum Gasteiger partial charge on any atom is 0.328 e. The first kappa shape index (κ1) is 36.5. The van der Waals surface area contributed by atoms with Gasteiger partial charge in [0.05, 0.1) is 39.6 Å². The van der Waals surface area contributed by atoms with Crippen molar-refractivity contribution in [2.45, 2.75) is 36.6 Å². The smallest absolute Gasteiger partial charge is 0.328 e. The Morgan fingerprint density at radius 1 is 0.880 bits per heavy atom. The van der Waals surface area contributed by atoms with E-state index in [1.165, 1.54) is 18.2 Å². The molecule has 0 aliphatic carbocycles. The van der Waals surface area contributed by atoms with Crippen LogP contribution in [-0.4, -0.2) is 99.0 Å². The molecular weight excluding hydrogens is 646 g/mol. The number of hydrogen-bond donors (Lipinski definition) is 2. The quantitative estimate of drug-likeness (QED) is 0.141. The molecule has 1 aromatic heterocycles. The molecule has 0 bridgehead atoms. The van der Waals surface area contributed by atoms with E-state index >= 15 is 0 Å². The van der Waals surface area contributed by atoms with E-state index in [2.05, 4.69) is 4.98 Å². The molecule has 1 saturated heterocycles. The van der Waals surface area contributed by atoms with Crippen molar-refractivity contribution in [2.75, 3.05) is 55.2 Å². The standard InChI is InChI=1S/C37H43N3O10/c1-39(2)31(41)22-40-21-29(35(43)38-36(40)44)33-34(48-20-19-45-3)32(42)30(50-33)23-49-37(24-9-7-6-8-10-24,25-11-15-27(46-4)16-12-25)26-13-17-28(47-5)18-14-26/h6-18,21,30,32-34,42H,19-20,22-23H2,1-5H3,(H,38,43,44)/t30-,32-,33+,34-/m1/s1. The van der Waals surface area contributed by atoms with Crippen LogP contribution in [0, 0.1) is 0 Å². The predicted octanol–water partition coefficient (Wildman–Crippen LogP) is 2.48. The molecule has 13 nitrogen and oxygen atoms in total. The number of nitrogens with zero attached hydrogens (tertiary/aromatic N) is 2. The molecule has 2 heterocycles. The Bertz CT molecular complexity index is 1780. The normalized spacial score (nSPS) is 18.9. The van der Waals surface area contributed by atoms with Gasteiger partial charge in [-0.3, -0.25) is 19.1 Å². The van der Waals surface area contributed by atoms with E-state index in [0.29, 0.717) is 11.5 Å². The lowest BCUT2D eigenvalue weighted by Crippen LogP contribution is -2.41. The summed E-state index contributed by atoms with van der Waals surface area (Å²) >= 11 is 0. The monoisotopic (exact) mass is 689 g/mol. The van der Waals surface area contributed by atoms with Crippen LogP contribution >= 0.6 is 0 Å². The largest absolute Gasteiger partial charge is 0.497 e. The molecule has 4 atom stereocenters. The third-order valence-electron chi connectivity index (χ3n) is 8.72. The van der Waals surface area contributed by atoms with Gasteiger partial charge in [-0.05, 0) is 41.0 Å². The lowest BCUT2D eigenvalue weighted by molar-refractivity contribution is -0.129. The molecule has 0 spiro atoms. The summed E-state index contributed by atoms with van der Waals surface area (Å²) in [6.07, 6.45) is -3.13. The number of methoxy groups -OCH3 is 3. The van der Waals surface area contributed by atoms with Crippen LogP contribution in [0.3, 0.4) is 0 Å².